The Labute approximate surface area is 135 Å². The average molecular weight is 298 g/mol. The Morgan fingerprint density at radius 2 is 1.82 bits per heavy atom. The van der Waals surface area contributed by atoms with Crippen molar-refractivity contribution in [3.8, 4) is 0 Å². The molecule has 120 valence electrons. The van der Waals surface area contributed by atoms with Crippen LogP contribution < -0.4 is 5.32 Å². The predicted octanol–water partition coefficient (Wildman–Crippen LogP) is 5.46. The first-order valence-electron chi connectivity index (χ1n) is 8.85. The van der Waals surface area contributed by atoms with Crippen LogP contribution in [0.15, 0.2) is 36.7 Å². The summed E-state index contributed by atoms with van der Waals surface area (Å²) in [6, 6.07) is 9.31. The maximum absolute atomic E-state index is 4.16. The number of nitrogens with zero attached hydrogens (tertiary/aromatic N) is 1. The van der Waals surface area contributed by atoms with Gasteiger partial charge in [0.1, 0.15) is 0 Å². The molecule has 2 aromatic rings. The maximum atomic E-state index is 4.16. The van der Waals surface area contributed by atoms with Crippen LogP contribution in [0, 0.1) is 0 Å². The van der Waals surface area contributed by atoms with Crippen molar-refractivity contribution in [1.82, 2.24) is 10.3 Å². The van der Waals surface area contributed by atoms with E-state index < -0.39 is 0 Å². The molecule has 1 N–H and O–H groups in total. The third-order valence-electron chi connectivity index (χ3n) is 4.35. The molecule has 2 heteroatoms. The summed E-state index contributed by atoms with van der Waals surface area (Å²) in [6.45, 7) is 5.53. The fourth-order valence-electron chi connectivity index (χ4n) is 2.87. The second-order valence-corrected chi connectivity index (χ2v) is 6.40. The van der Waals surface area contributed by atoms with Gasteiger partial charge in [-0.05, 0) is 36.4 Å². The molecule has 1 aromatic carbocycles. The molecule has 0 amide bonds. The minimum absolute atomic E-state index is 0.597. The standard InChI is InChI=1S/C20H30N2/c1-3-4-5-6-7-8-9-17(2)22-15-18-10-11-20-16-21-13-12-19(20)14-18/h10-14,16-17,22H,3-9,15H2,1-2H3/t17-/m1/s1. The highest BCUT2D eigenvalue weighted by molar-refractivity contribution is 5.81. The van der Waals surface area contributed by atoms with E-state index in [9.17, 15) is 0 Å². The zero-order chi connectivity index (χ0) is 15.6. The van der Waals surface area contributed by atoms with Crippen LogP contribution in [-0.4, -0.2) is 11.0 Å². The molecule has 22 heavy (non-hydrogen) atoms. The first-order valence-corrected chi connectivity index (χ1v) is 8.85. The Kier molecular flexibility index (Phi) is 7.38. The van der Waals surface area contributed by atoms with Gasteiger partial charge in [0.2, 0.25) is 0 Å². The summed E-state index contributed by atoms with van der Waals surface area (Å²) in [6.07, 6.45) is 13.3. The molecule has 2 rings (SSSR count). The van der Waals surface area contributed by atoms with E-state index in [2.05, 4.69) is 48.4 Å². The molecule has 1 aromatic heterocycles. The lowest BCUT2D eigenvalue weighted by Crippen LogP contribution is -2.25. The highest BCUT2D eigenvalue weighted by atomic mass is 14.9. The minimum atomic E-state index is 0.597. The van der Waals surface area contributed by atoms with Gasteiger partial charge in [-0.15, -0.1) is 0 Å². The largest absolute Gasteiger partial charge is 0.310 e. The van der Waals surface area contributed by atoms with Crippen LogP contribution in [0.3, 0.4) is 0 Å². The van der Waals surface area contributed by atoms with Crippen molar-refractivity contribution >= 4 is 10.8 Å². The number of aromatic nitrogens is 1. The van der Waals surface area contributed by atoms with Crippen LogP contribution in [0.1, 0.15) is 64.4 Å². The molecule has 0 unspecified atom stereocenters. The Hall–Kier alpha value is -1.41. The van der Waals surface area contributed by atoms with Gasteiger partial charge in [-0.25, -0.2) is 0 Å². The summed E-state index contributed by atoms with van der Waals surface area (Å²) in [7, 11) is 0. The first kappa shape index (κ1) is 17.0. The van der Waals surface area contributed by atoms with E-state index >= 15 is 0 Å². The van der Waals surface area contributed by atoms with Crippen molar-refractivity contribution < 1.29 is 0 Å². The number of pyridine rings is 1. The fraction of sp³-hybridized carbons (Fsp3) is 0.550. The summed E-state index contributed by atoms with van der Waals surface area (Å²) in [5.74, 6) is 0. The van der Waals surface area contributed by atoms with Crippen LogP contribution in [0.25, 0.3) is 10.8 Å². The van der Waals surface area contributed by atoms with Crippen molar-refractivity contribution in [2.45, 2.75) is 71.4 Å². The van der Waals surface area contributed by atoms with E-state index in [1.54, 1.807) is 0 Å². The van der Waals surface area contributed by atoms with Gasteiger partial charge < -0.3 is 5.32 Å². The van der Waals surface area contributed by atoms with E-state index in [0.29, 0.717) is 6.04 Å². The lowest BCUT2D eigenvalue weighted by molar-refractivity contribution is 0.478. The second kappa shape index (κ2) is 9.58. The van der Waals surface area contributed by atoms with Gasteiger partial charge >= 0.3 is 0 Å². The smallest absolute Gasteiger partial charge is 0.0346 e. The zero-order valence-electron chi connectivity index (χ0n) is 14.1. The molecule has 2 nitrogen and oxygen atoms in total. The number of rotatable bonds is 10. The molecule has 0 bridgehead atoms. The van der Waals surface area contributed by atoms with Crippen LogP contribution in [0.4, 0.5) is 0 Å². The maximum Gasteiger partial charge on any atom is 0.0346 e. The highest BCUT2D eigenvalue weighted by Crippen LogP contribution is 2.15. The SMILES string of the molecule is CCCCCCCC[C@@H](C)NCc1ccc2cnccc2c1. The number of hydrogen-bond acceptors (Lipinski definition) is 2. The lowest BCUT2D eigenvalue weighted by atomic mass is 10.1. The Bertz CT molecular complexity index is 550. The van der Waals surface area contributed by atoms with Crippen molar-refractivity contribution in [2.75, 3.05) is 0 Å². The summed E-state index contributed by atoms with van der Waals surface area (Å²) < 4.78 is 0. The van der Waals surface area contributed by atoms with Crippen molar-refractivity contribution in [3.63, 3.8) is 0 Å². The molecule has 0 radical (unpaired) electrons. The van der Waals surface area contributed by atoms with Crippen molar-refractivity contribution in [1.29, 1.82) is 0 Å². The van der Waals surface area contributed by atoms with Crippen LogP contribution >= 0.6 is 0 Å². The van der Waals surface area contributed by atoms with Gasteiger partial charge in [-0.3, -0.25) is 4.98 Å². The Morgan fingerprint density at radius 3 is 2.68 bits per heavy atom. The van der Waals surface area contributed by atoms with Gasteiger partial charge in [-0.2, -0.15) is 0 Å². The van der Waals surface area contributed by atoms with Crippen LogP contribution in [0.2, 0.25) is 0 Å². The molecule has 1 atom stereocenters. The molecule has 1 heterocycles. The van der Waals surface area contributed by atoms with Crippen molar-refractivity contribution in [2.24, 2.45) is 0 Å². The molecule has 0 fully saturated rings. The van der Waals surface area contributed by atoms with E-state index in [1.807, 2.05) is 12.4 Å². The third kappa shape index (κ3) is 5.76. The Balaban J connectivity index is 1.67. The molecule has 0 aliphatic rings. The molecule has 0 spiro atoms. The summed E-state index contributed by atoms with van der Waals surface area (Å²) >= 11 is 0. The van der Waals surface area contributed by atoms with Gasteiger partial charge in [0.15, 0.2) is 0 Å². The predicted molar refractivity (Wildman–Crippen MR) is 96.0 cm³/mol. The van der Waals surface area contributed by atoms with Gasteiger partial charge in [0.25, 0.3) is 0 Å². The van der Waals surface area contributed by atoms with E-state index in [-0.39, 0.29) is 0 Å². The quantitative estimate of drug-likeness (QED) is 0.589. The first-order chi connectivity index (χ1) is 10.8. The average Bonchev–Trinajstić information content (AvgIpc) is 2.56. The molecule has 0 saturated carbocycles. The number of nitrogens with one attached hydrogen (secondary N) is 1. The van der Waals surface area contributed by atoms with Gasteiger partial charge in [0.05, 0.1) is 0 Å². The Morgan fingerprint density at radius 1 is 1.00 bits per heavy atom. The summed E-state index contributed by atoms with van der Waals surface area (Å²) in [5.41, 5.74) is 1.36. The minimum Gasteiger partial charge on any atom is -0.310 e. The summed E-state index contributed by atoms with van der Waals surface area (Å²) in [4.78, 5) is 4.16. The highest BCUT2D eigenvalue weighted by Gasteiger charge is 2.02. The van der Waals surface area contributed by atoms with Gasteiger partial charge in [-0.1, -0.05) is 57.6 Å². The van der Waals surface area contributed by atoms with E-state index in [1.165, 1.54) is 61.3 Å². The molecule has 0 saturated heterocycles. The van der Waals surface area contributed by atoms with Crippen LogP contribution in [-0.2, 0) is 6.54 Å². The van der Waals surface area contributed by atoms with E-state index in [4.69, 9.17) is 0 Å². The fourth-order valence-corrected chi connectivity index (χ4v) is 2.87. The van der Waals surface area contributed by atoms with Gasteiger partial charge in [0, 0.05) is 30.4 Å². The van der Waals surface area contributed by atoms with E-state index in [0.717, 1.165) is 6.54 Å². The van der Waals surface area contributed by atoms with Crippen LogP contribution in [0.5, 0.6) is 0 Å². The molecule has 0 aliphatic heterocycles. The third-order valence-corrected chi connectivity index (χ3v) is 4.35. The number of benzene rings is 1. The molecular weight excluding hydrogens is 268 g/mol. The van der Waals surface area contributed by atoms with Crippen molar-refractivity contribution in [3.05, 3.63) is 42.2 Å². The number of fused-ring (bicyclic) bond motifs is 1. The topological polar surface area (TPSA) is 24.9 Å². The lowest BCUT2D eigenvalue weighted by Gasteiger charge is -2.14. The number of hydrogen-bond donors (Lipinski definition) is 1. The molecular formula is C20H30N2. The zero-order valence-corrected chi connectivity index (χ0v) is 14.1. The second-order valence-electron chi connectivity index (χ2n) is 6.40. The molecule has 0 aliphatic carbocycles. The summed E-state index contributed by atoms with van der Waals surface area (Å²) in [5, 5.41) is 6.14. The number of unbranched alkanes of at least 4 members (excludes halogenated alkanes) is 5. The monoisotopic (exact) mass is 298 g/mol. The normalized spacial score (nSPS) is 12.6.